The molecular weight excluding hydrogens is 296 g/mol. The van der Waals surface area contributed by atoms with Gasteiger partial charge < -0.3 is 4.74 Å². The second kappa shape index (κ2) is 9.25. The molecule has 0 saturated carbocycles. The third-order valence-electron chi connectivity index (χ3n) is 5.58. The van der Waals surface area contributed by atoms with E-state index < -0.39 is 0 Å². The topological polar surface area (TPSA) is 26.3 Å². The summed E-state index contributed by atoms with van der Waals surface area (Å²) in [6, 6.07) is 0. The number of carbonyl (C=O) groups excluding carboxylic acids is 1. The van der Waals surface area contributed by atoms with Gasteiger partial charge in [-0.05, 0) is 45.6 Å². The van der Waals surface area contributed by atoms with E-state index in [2.05, 4.69) is 58.9 Å². The Hall–Kier alpha value is -1.31. The van der Waals surface area contributed by atoms with Crippen LogP contribution in [0.3, 0.4) is 0 Å². The molecule has 0 aromatic heterocycles. The Labute approximate surface area is 149 Å². The minimum atomic E-state index is -0.339. The molecule has 0 heterocycles. The van der Waals surface area contributed by atoms with Crippen LogP contribution >= 0.6 is 0 Å². The van der Waals surface area contributed by atoms with Gasteiger partial charge in [0.2, 0.25) is 0 Å². The smallest absolute Gasteiger partial charge is 0.142 e. The highest BCUT2D eigenvalue weighted by molar-refractivity contribution is 5.86. The van der Waals surface area contributed by atoms with Gasteiger partial charge in [-0.3, -0.25) is 4.79 Å². The van der Waals surface area contributed by atoms with E-state index >= 15 is 0 Å². The van der Waals surface area contributed by atoms with Gasteiger partial charge in [0.15, 0.2) is 0 Å². The average Bonchev–Trinajstić information content (AvgIpc) is 2.60. The lowest BCUT2D eigenvalue weighted by Crippen LogP contribution is -2.26. The minimum Gasteiger partial charge on any atom is -0.498 e. The number of Topliss-reactive ketones (excluding diaryl/α,β-unsaturated/α-hetero) is 1. The van der Waals surface area contributed by atoms with Crippen molar-refractivity contribution in [3.8, 4) is 0 Å². The van der Waals surface area contributed by atoms with Crippen molar-refractivity contribution in [2.75, 3.05) is 6.61 Å². The molecule has 2 heteroatoms. The molecule has 0 radical (unpaired) electrons. The largest absolute Gasteiger partial charge is 0.498 e. The Balaban J connectivity index is 3.01. The predicted octanol–water partition coefficient (Wildman–Crippen LogP) is 6.39. The molecule has 0 saturated heterocycles. The van der Waals surface area contributed by atoms with Gasteiger partial charge in [-0.15, -0.1) is 0 Å². The lowest BCUT2D eigenvalue weighted by molar-refractivity contribution is -0.125. The van der Waals surface area contributed by atoms with E-state index in [1.165, 1.54) is 5.57 Å². The van der Waals surface area contributed by atoms with E-state index in [-0.39, 0.29) is 10.8 Å². The second-order valence-electron chi connectivity index (χ2n) is 7.31. The van der Waals surface area contributed by atoms with Crippen molar-refractivity contribution in [1.29, 1.82) is 0 Å². The number of allylic oxidation sites excluding steroid dienone is 6. The van der Waals surface area contributed by atoms with Crippen LogP contribution in [-0.2, 0) is 9.53 Å². The number of ketones is 1. The van der Waals surface area contributed by atoms with Crippen LogP contribution in [0.15, 0.2) is 35.6 Å². The maximum atomic E-state index is 12.5. The normalized spacial score (nSPS) is 20.1. The number of hydrogen-bond donors (Lipinski definition) is 0. The Bertz CT molecular complexity index is 512. The summed E-state index contributed by atoms with van der Waals surface area (Å²) in [5.41, 5.74) is 1.11. The first kappa shape index (κ1) is 20.7. The van der Waals surface area contributed by atoms with Gasteiger partial charge in [-0.25, -0.2) is 0 Å². The fourth-order valence-electron chi connectivity index (χ4n) is 3.14. The Morgan fingerprint density at radius 2 is 1.79 bits per heavy atom. The summed E-state index contributed by atoms with van der Waals surface area (Å²) < 4.78 is 5.62. The van der Waals surface area contributed by atoms with E-state index in [4.69, 9.17) is 4.74 Å². The van der Waals surface area contributed by atoms with Crippen LogP contribution in [0.2, 0.25) is 0 Å². The van der Waals surface area contributed by atoms with Gasteiger partial charge in [-0.2, -0.15) is 0 Å². The van der Waals surface area contributed by atoms with Crippen LogP contribution in [-0.4, -0.2) is 12.4 Å². The van der Waals surface area contributed by atoms with Gasteiger partial charge in [0.05, 0.1) is 12.4 Å². The molecule has 0 aromatic rings. The molecule has 1 aliphatic carbocycles. The molecule has 0 spiro atoms. The van der Waals surface area contributed by atoms with Crippen molar-refractivity contribution < 1.29 is 9.53 Å². The van der Waals surface area contributed by atoms with Crippen molar-refractivity contribution in [2.24, 2.45) is 10.8 Å². The van der Waals surface area contributed by atoms with E-state index in [1.54, 1.807) is 0 Å². The fraction of sp³-hybridized carbons (Fsp3) is 0.682. The van der Waals surface area contributed by atoms with Gasteiger partial charge >= 0.3 is 0 Å². The summed E-state index contributed by atoms with van der Waals surface area (Å²) in [5.74, 6) is 1.44. The first-order valence-corrected chi connectivity index (χ1v) is 9.61. The summed E-state index contributed by atoms with van der Waals surface area (Å²) in [5, 5.41) is 0. The van der Waals surface area contributed by atoms with E-state index in [0.29, 0.717) is 12.2 Å². The lowest BCUT2D eigenvalue weighted by Gasteiger charge is -2.32. The monoisotopic (exact) mass is 332 g/mol. The Kier molecular flexibility index (Phi) is 7.99. The van der Waals surface area contributed by atoms with Crippen LogP contribution < -0.4 is 0 Å². The fourth-order valence-corrected chi connectivity index (χ4v) is 3.14. The number of rotatable bonds is 10. The third kappa shape index (κ3) is 5.09. The zero-order valence-electron chi connectivity index (χ0n) is 16.6. The van der Waals surface area contributed by atoms with E-state index in [1.807, 2.05) is 6.92 Å². The minimum absolute atomic E-state index is 0.0111. The quantitative estimate of drug-likeness (QED) is 0.433. The van der Waals surface area contributed by atoms with Crippen molar-refractivity contribution in [2.45, 2.75) is 80.1 Å². The zero-order chi connectivity index (χ0) is 18.2. The van der Waals surface area contributed by atoms with Crippen molar-refractivity contribution >= 4 is 5.78 Å². The molecule has 1 rings (SSSR count). The lowest BCUT2D eigenvalue weighted by atomic mass is 9.72. The van der Waals surface area contributed by atoms with Crippen LogP contribution in [0.5, 0.6) is 0 Å². The Morgan fingerprint density at radius 1 is 1.08 bits per heavy atom. The highest BCUT2D eigenvalue weighted by atomic mass is 16.5. The molecule has 2 atom stereocenters. The highest BCUT2D eigenvalue weighted by Crippen LogP contribution is 2.40. The molecular formula is C22H36O2. The number of carbonyl (C=O) groups is 1. The summed E-state index contributed by atoms with van der Waals surface area (Å²) >= 11 is 0. The molecule has 0 fully saturated rings. The van der Waals surface area contributed by atoms with Gasteiger partial charge in [0.1, 0.15) is 5.78 Å². The molecule has 2 nitrogen and oxygen atoms in total. The van der Waals surface area contributed by atoms with Crippen molar-refractivity contribution in [1.82, 2.24) is 0 Å². The van der Waals surface area contributed by atoms with E-state index in [9.17, 15) is 4.79 Å². The molecule has 0 aromatic carbocycles. The first-order chi connectivity index (χ1) is 11.3. The standard InChI is InChI=1S/C22H36O2/c1-7-11-20(23)22(6,9-3)17-16-21(5,8-2)18-12-14-19(15-13-18)24-10-4/h12,14,16-17H,7-11,13,15H2,1-6H3/b17-16+/t21-,22-/m0/s1. The third-order valence-corrected chi connectivity index (χ3v) is 5.58. The van der Waals surface area contributed by atoms with Gasteiger partial charge in [0, 0.05) is 23.7 Å². The summed E-state index contributed by atoms with van der Waals surface area (Å²) in [7, 11) is 0. The summed E-state index contributed by atoms with van der Waals surface area (Å²) in [4.78, 5) is 12.5. The maximum Gasteiger partial charge on any atom is 0.142 e. The van der Waals surface area contributed by atoms with E-state index in [0.717, 1.165) is 44.5 Å². The average molecular weight is 333 g/mol. The van der Waals surface area contributed by atoms with Crippen LogP contribution in [0.25, 0.3) is 0 Å². The van der Waals surface area contributed by atoms with Crippen LogP contribution in [0.1, 0.15) is 80.1 Å². The maximum absolute atomic E-state index is 12.5. The molecule has 0 bridgehead atoms. The van der Waals surface area contributed by atoms with Crippen LogP contribution in [0.4, 0.5) is 0 Å². The summed E-state index contributed by atoms with van der Waals surface area (Å²) in [6.07, 6.45) is 14.3. The number of hydrogen-bond acceptors (Lipinski definition) is 2. The molecule has 1 aliphatic rings. The molecule has 0 aliphatic heterocycles. The zero-order valence-corrected chi connectivity index (χ0v) is 16.6. The SMILES string of the molecule is CCCC(=O)[C@](C)(/C=C/[C@](C)(CC)C1=CC=C(OCC)CC1)CC. The van der Waals surface area contributed by atoms with Crippen LogP contribution in [0, 0.1) is 10.8 Å². The van der Waals surface area contributed by atoms with Gasteiger partial charge in [0.25, 0.3) is 0 Å². The highest BCUT2D eigenvalue weighted by Gasteiger charge is 2.30. The molecule has 24 heavy (non-hydrogen) atoms. The molecule has 0 unspecified atom stereocenters. The number of ether oxygens (including phenoxy) is 1. The second-order valence-corrected chi connectivity index (χ2v) is 7.31. The molecule has 0 N–H and O–H groups in total. The predicted molar refractivity (Wildman–Crippen MR) is 103 cm³/mol. The van der Waals surface area contributed by atoms with Gasteiger partial charge in [-0.1, -0.05) is 51.5 Å². The molecule has 0 amide bonds. The first-order valence-electron chi connectivity index (χ1n) is 9.61. The molecule has 136 valence electrons. The Morgan fingerprint density at radius 3 is 2.25 bits per heavy atom. The summed E-state index contributed by atoms with van der Waals surface area (Å²) in [6.45, 7) is 13.5. The van der Waals surface area contributed by atoms with Crippen molar-refractivity contribution in [3.05, 3.63) is 35.6 Å². The van der Waals surface area contributed by atoms with Crippen molar-refractivity contribution in [3.63, 3.8) is 0 Å².